The topological polar surface area (TPSA) is 73.5 Å². The molecule has 142 valence electrons. The summed E-state index contributed by atoms with van der Waals surface area (Å²) in [6.07, 6.45) is 0. The number of carbonyl (C=O) groups excluding carboxylic acids is 2. The first-order valence-electron chi connectivity index (χ1n) is 9.18. The lowest BCUT2D eigenvalue weighted by molar-refractivity contribution is -0.122. The smallest absolute Gasteiger partial charge is 0.315 e. The van der Waals surface area contributed by atoms with Crippen molar-refractivity contribution in [2.75, 3.05) is 13.6 Å². The van der Waals surface area contributed by atoms with E-state index in [0.717, 1.165) is 24.2 Å². The van der Waals surface area contributed by atoms with Crippen LogP contribution in [-0.4, -0.2) is 36.5 Å². The van der Waals surface area contributed by atoms with Gasteiger partial charge in [-0.1, -0.05) is 54.6 Å². The van der Waals surface area contributed by atoms with Crippen LogP contribution in [0.2, 0.25) is 0 Å². The van der Waals surface area contributed by atoms with Gasteiger partial charge in [-0.3, -0.25) is 9.69 Å². The van der Waals surface area contributed by atoms with Gasteiger partial charge >= 0.3 is 6.03 Å². The molecule has 0 radical (unpaired) electrons. The first-order valence-corrected chi connectivity index (χ1v) is 9.18. The van der Waals surface area contributed by atoms with Gasteiger partial charge in [-0.2, -0.15) is 0 Å². The molecule has 2 unspecified atom stereocenters. The van der Waals surface area contributed by atoms with Crippen LogP contribution >= 0.6 is 0 Å². The van der Waals surface area contributed by atoms with Crippen molar-refractivity contribution in [1.29, 1.82) is 0 Å². The van der Waals surface area contributed by atoms with E-state index in [9.17, 15) is 9.59 Å². The Hall–Kier alpha value is -2.86. The summed E-state index contributed by atoms with van der Waals surface area (Å²) in [7, 11) is 2.03. The molecular formula is C21H26N4O2. The highest BCUT2D eigenvalue weighted by Crippen LogP contribution is 2.25. The van der Waals surface area contributed by atoms with Crippen molar-refractivity contribution in [2.24, 2.45) is 0 Å². The zero-order valence-corrected chi connectivity index (χ0v) is 15.7. The van der Waals surface area contributed by atoms with E-state index in [2.05, 4.69) is 26.9 Å². The molecule has 1 aliphatic heterocycles. The van der Waals surface area contributed by atoms with E-state index < -0.39 is 6.04 Å². The highest BCUT2D eigenvalue weighted by molar-refractivity contribution is 5.86. The maximum atomic E-state index is 12.4. The van der Waals surface area contributed by atoms with Gasteiger partial charge in [-0.05, 0) is 30.7 Å². The number of benzene rings is 2. The van der Waals surface area contributed by atoms with E-state index in [-0.39, 0.29) is 18.0 Å². The molecule has 0 saturated carbocycles. The van der Waals surface area contributed by atoms with Gasteiger partial charge in [0.25, 0.3) is 0 Å². The van der Waals surface area contributed by atoms with Gasteiger partial charge in [0.15, 0.2) is 0 Å². The summed E-state index contributed by atoms with van der Waals surface area (Å²) in [5.74, 6) is -0.213. The molecule has 0 aliphatic carbocycles. The molecule has 1 aliphatic rings. The van der Waals surface area contributed by atoms with Gasteiger partial charge in [0, 0.05) is 19.6 Å². The van der Waals surface area contributed by atoms with Crippen molar-refractivity contribution in [2.45, 2.75) is 32.1 Å². The van der Waals surface area contributed by atoms with Crippen molar-refractivity contribution in [3.63, 3.8) is 0 Å². The third-order valence-electron chi connectivity index (χ3n) is 4.72. The van der Waals surface area contributed by atoms with Gasteiger partial charge in [0.1, 0.15) is 6.04 Å². The van der Waals surface area contributed by atoms with E-state index in [4.69, 9.17) is 0 Å². The Kier molecular flexibility index (Phi) is 6.08. The molecule has 2 atom stereocenters. The number of fused-ring (bicyclic) bond motifs is 1. The van der Waals surface area contributed by atoms with Crippen molar-refractivity contribution < 1.29 is 9.59 Å². The average molecular weight is 366 g/mol. The Morgan fingerprint density at radius 2 is 1.81 bits per heavy atom. The predicted octanol–water partition coefficient (Wildman–Crippen LogP) is 2.18. The Morgan fingerprint density at radius 1 is 1.11 bits per heavy atom. The van der Waals surface area contributed by atoms with Crippen molar-refractivity contribution in [1.82, 2.24) is 20.9 Å². The van der Waals surface area contributed by atoms with E-state index in [0.29, 0.717) is 6.54 Å². The Bertz CT molecular complexity index is 794. The van der Waals surface area contributed by atoms with Gasteiger partial charge in [-0.15, -0.1) is 0 Å². The zero-order chi connectivity index (χ0) is 19.2. The number of nitrogens with one attached hydrogen (secondary N) is 3. The van der Waals surface area contributed by atoms with Crippen LogP contribution in [0, 0.1) is 0 Å². The molecule has 0 aromatic heterocycles. The van der Waals surface area contributed by atoms with Gasteiger partial charge in [-0.25, -0.2) is 4.79 Å². The lowest BCUT2D eigenvalue weighted by Crippen LogP contribution is -2.50. The maximum Gasteiger partial charge on any atom is 0.315 e. The highest BCUT2D eigenvalue weighted by atomic mass is 16.2. The molecule has 0 saturated heterocycles. The molecule has 0 spiro atoms. The van der Waals surface area contributed by atoms with Crippen LogP contribution in [0.25, 0.3) is 0 Å². The molecule has 27 heavy (non-hydrogen) atoms. The van der Waals surface area contributed by atoms with Crippen molar-refractivity contribution in [3.05, 3.63) is 71.3 Å². The minimum absolute atomic E-state index is 0.0977. The lowest BCUT2D eigenvalue weighted by atomic mass is 9.96. The van der Waals surface area contributed by atoms with Gasteiger partial charge in [0.05, 0.1) is 6.04 Å². The molecule has 0 bridgehead atoms. The second kappa shape index (κ2) is 8.68. The summed E-state index contributed by atoms with van der Waals surface area (Å²) < 4.78 is 0. The van der Waals surface area contributed by atoms with Gasteiger partial charge < -0.3 is 16.0 Å². The fourth-order valence-electron chi connectivity index (χ4n) is 3.31. The molecule has 2 aromatic rings. The van der Waals surface area contributed by atoms with Crippen LogP contribution in [0.4, 0.5) is 4.79 Å². The number of carbonyl (C=O) groups is 2. The summed E-state index contributed by atoms with van der Waals surface area (Å²) in [5, 5.41) is 8.56. The zero-order valence-electron chi connectivity index (χ0n) is 15.7. The summed E-state index contributed by atoms with van der Waals surface area (Å²) >= 11 is 0. The second-order valence-electron chi connectivity index (χ2n) is 6.99. The minimum atomic E-state index is -0.620. The molecule has 6 heteroatoms. The van der Waals surface area contributed by atoms with E-state index >= 15 is 0 Å². The largest absolute Gasteiger partial charge is 0.350 e. The SMILES string of the molecule is CC(NC(=O)NC1CN(C)Cc2ccccc21)C(=O)NCc1ccccc1. The van der Waals surface area contributed by atoms with Crippen LogP contribution in [0.3, 0.4) is 0 Å². The summed E-state index contributed by atoms with van der Waals surface area (Å²) in [6.45, 7) is 3.72. The fourth-order valence-corrected chi connectivity index (χ4v) is 3.31. The maximum absolute atomic E-state index is 12.4. The molecule has 0 fully saturated rings. The number of rotatable bonds is 5. The highest BCUT2D eigenvalue weighted by Gasteiger charge is 2.25. The molecule has 3 N–H and O–H groups in total. The number of urea groups is 1. The Morgan fingerprint density at radius 3 is 2.59 bits per heavy atom. The average Bonchev–Trinajstić information content (AvgIpc) is 2.66. The third-order valence-corrected chi connectivity index (χ3v) is 4.72. The Labute approximate surface area is 159 Å². The molecule has 3 amide bonds. The van der Waals surface area contributed by atoms with Crippen LogP contribution in [0.15, 0.2) is 54.6 Å². The summed E-state index contributed by atoms with van der Waals surface area (Å²) in [5.41, 5.74) is 3.36. The monoisotopic (exact) mass is 366 g/mol. The van der Waals surface area contributed by atoms with E-state index in [1.54, 1.807) is 6.92 Å². The van der Waals surface area contributed by atoms with Crippen molar-refractivity contribution >= 4 is 11.9 Å². The van der Waals surface area contributed by atoms with E-state index in [1.807, 2.05) is 55.6 Å². The normalized spacial score (nSPS) is 17.5. The summed E-state index contributed by atoms with van der Waals surface area (Å²) in [6, 6.07) is 16.7. The van der Waals surface area contributed by atoms with Gasteiger partial charge in [0.2, 0.25) is 5.91 Å². The first-order chi connectivity index (χ1) is 13.0. The summed E-state index contributed by atoms with van der Waals surface area (Å²) in [4.78, 5) is 26.8. The van der Waals surface area contributed by atoms with Crippen molar-refractivity contribution in [3.8, 4) is 0 Å². The number of hydrogen-bond acceptors (Lipinski definition) is 3. The van der Waals surface area contributed by atoms with Crippen LogP contribution < -0.4 is 16.0 Å². The van der Waals surface area contributed by atoms with Crippen LogP contribution in [0.1, 0.15) is 29.7 Å². The predicted molar refractivity (Wildman–Crippen MR) is 105 cm³/mol. The first kappa shape index (κ1) is 18.9. The molecule has 1 heterocycles. The van der Waals surface area contributed by atoms with E-state index in [1.165, 1.54) is 5.56 Å². The standard InChI is InChI=1S/C21H26N4O2/c1-15(20(26)22-12-16-8-4-3-5-9-16)23-21(27)24-19-14-25(2)13-17-10-6-7-11-18(17)19/h3-11,15,19H,12-14H2,1-2H3,(H,22,26)(H2,23,24,27). The third kappa shape index (κ3) is 5.08. The molecule has 6 nitrogen and oxygen atoms in total. The molecular weight excluding hydrogens is 340 g/mol. The number of hydrogen-bond donors (Lipinski definition) is 3. The fraction of sp³-hybridized carbons (Fsp3) is 0.333. The minimum Gasteiger partial charge on any atom is -0.350 e. The van der Waals surface area contributed by atoms with Crippen LogP contribution in [0.5, 0.6) is 0 Å². The molecule has 2 aromatic carbocycles. The lowest BCUT2D eigenvalue weighted by Gasteiger charge is -2.32. The molecule has 3 rings (SSSR count). The second-order valence-corrected chi connectivity index (χ2v) is 6.99. The number of amides is 3. The Balaban J connectivity index is 1.52. The van der Waals surface area contributed by atoms with Crippen LogP contribution in [-0.2, 0) is 17.9 Å². The number of nitrogens with zero attached hydrogens (tertiary/aromatic N) is 1. The quantitative estimate of drug-likeness (QED) is 0.759. The number of likely N-dealkylation sites (N-methyl/N-ethyl adjacent to an activating group) is 1.